The number of fused-ring (bicyclic) bond motifs is 1. The number of halogens is 1. The second-order valence-corrected chi connectivity index (χ2v) is 4.45. The predicted octanol–water partition coefficient (Wildman–Crippen LogP) is 2.20. The lowest BCUT2D eigenvalue weighted by atomic mass is 10.1. The first-order chi connectivity index (χ1) is 7.70. The molecular formula is C13H19ClN2O. The van der Waals surface area contributed by atoms with Gasteiger partial charge in [0.2, 0.25) is 5.91 Å². The summed E-state index contributed by atoms with van der Waals surface area (Å²) in [6, 6.07) is 8.12. The molecule has 0 spiro atoms. The Balaban J connectivity index is 0.00000144. The smallest absolute Gasteiger partial charge is 0.229 e. The Morgan fingerprint density at radius 1 is 1.35 bits per heavy atom. The lowest BCUT2D eigenvalue weighted by Crippen LogP contribution is -2.37. The Kier molecular flexibility index (Phi) is 4.97. The topological polar surface area (TPSA) is 32.3 Å². The van der Waals surface area contributed by atoms with Gasteiger partial charge in [0.1, 0.15) is 0 Å². The summed E-state index contributed by atoms with van der Waals surface area (Å²) >= 11 is 0. The number of nitrogens with one attached hydrogen (secondary N) is 1. The van der Waals surface area contributed by atoms with Gasteiger partial charge in [-0.15, -0.1) is 12.4 Å². The van der Waals surface area contributed by atoms with Crippen LogP contribution in [0.2, 0.25) is 0 Å². The summed E-state index contributed by atoms with van der Waals surface area (Å²) < 4.78 is 0. The Morgan fingerprint density at radius 3 is 2.76 bits per heavy atom. The maximum atomic E-state index is 12.1. The van der Waals surface area contributed by atoms with Gasteiger partial charge in [0.05, 0.1) is 0 Å². The van der Waals surface area contributed by atoms with E-state index in [4.69, 9.17) is 0 Å². The van der Waals surface area contributed by atoms with Crippen molar-refractivity contribution < 1.29 is 4.79 Å². The monoisotopic (exact) mass is 254 g/mol. The Bertz CT molecular complexity index is 393. The molecular weight excluding hydrogens is 236 g/mol. The van der Waals surface area contributed by atoms with Crippen LogP contribution < -0.4 is 10.2 Å². The number of amides is 1. The molecule has 0 radical (unpaired) electrons. The van der Waals surface area contributed by atoms with Crippen LogP contribution in [0.1, 0.15) is 19.4 Å². The van der Waals surface area contributed by atoms with Crippen LogP contribution >= 0.6 is 12.4 Å². The minimum absolute atomic E-state index is 0. The minimum Gasteiger partial charge on any atom is -0.311 e. The van der Waals surface area contributed by atoms with Crippen LogP contribution in [0.3, 0.4) is 0 Å². The number of benzene rings is 1. The normalized spacial score (nSPS) is 14.9. The van der Waals surface area contributed by atoms with Gasteiger partial charge in [-0.25, -0.2) is 0 Å². The SMILES string of the molecule is CC(C)C(=O)N1CCNCc2ccccc21.Cl. The fourth-order valence-corrected chi connectivity index (χ4v) is 2.00. The average molecular weight is 255 g/mol. The van der Waals surface area contributed by atoms with Gasteiger partial charge in [-0.1, -0.05) is 32.0 Å². The minimum atomic E-state index is 0. The molecule has 94 valence electrons. The maximum absolute atomic E-state index is 12.1. The fraction of sp³-hybridized carbons (Fsp3) is 0.462. The summed E-state index contributed by atoms with van der Waals surface area (Å²) in [5, 5.41) is 3.33. The van der Waals surface area contributed by atoms with Crippen molar-refractivity contribution in [3.05, 3.63) is 29.8 Å². The molecule has 1 aliphatic heterocycles. The van der Waals surface area contributed by atoms with E-state index in [2.05, 4.69) is 11.4 Å². The first-order valence-electron chi connectivity index (χ1n) is 5.80. The van der Waals surface area contributed by atoms with Gasteiger partial charge in [0.15, 0.2) is 0 Å². The summed E-state index contributed by atoms with van der Waals surface area (Å²) in [7, 11) is 0. The molecule has 0 unspecified atom stereocenters. The highest BCUT2D eigenvalue weighted by atomic mass is 35.5. The number of hydrogen-bond acceptors (Lipinski definition) is 2. The largest absolute Gasteiger partial charge is 0.311 e. The molecule has 0 atom stereocenters. The van der Waals surface area contributed by atoms with Gasteiger partial charge in [-0.2, -0.15) is 0 Å². The molecule has 1 aromatic carbocycles. The lowest BCUT2D eigenvalue weighted by molar-refractivity contribution is -0.121. The Labute approximate surface area is 109 Å². The Hall–Kier alpha value is -1.06. The van der Waals surface area contributed by atoms with Gasteiger partial charge >= 0.3 is 0 Å². The summed E-state index contributed by atoms with van der Waals surface area (Å²) in [5.74, 6) is 0.252. The molecule has 3 nitrogen and oxygen atoms in total. The number of para-hydroxylation sites is 1. The third kappa shape index (κ3) is 2.99. The highest BCUT2D eigenvalue weighted by molar-refractivity contribution is 5.95. The van der Waals surface area contributed by atoms with Crippen LogP contribution in [0, 0.1) is 5.92 Å². The molecule has 0 fully saturated rings. The van der Waals surface area contributed by atoms with Crippen molar-refractivity contribution in [2.75, 3.05) is 18.0 Å². The maximum Gasteiger partial charge on any atom is 0.229 e. The van der Waals surface area contributed by atoms with Crippen LogP contribution in [0.15, 0.2) is 24.3 Å². The highest BCUT2D eigenvalue weighted by Crippen LogP contribution is 2.23. The van der Waals surface area contributed by atoms with Crippen molar-refractivity contribution in [3.63, 3.8) is 0 Å². The van der Waals surface area contributed by atoms with Crippen molar-refractivity contribution in [3.8, 4) is 0 Å². The van der Waals surface area contributed by atoms with E-state index < -0.39 is 0 Å². The van der Waals surface area contributed by atoms with Gasteiger partial charge in [0, 0.05) is 31.2 Å². The molecule has 0 bridgehead atoms. The van der Waals surface area contributed by atoms with E-state index in [-0.39, 0.29) is 24.2 Å². The molecule has 0 aliphatic carbocycles. The van der Waals surface area contributed by atoms with E-state index in [0.29, 0.717) is 0 Å². The molecule has 1 amide bonds. The zero-order valence-electron chi connectivity index (χ0n) is 10.3. The third-order valence-electron chi connectivity index (χ3n) is 2.87. The van der Waals surface area contributed by atoms with Crippen molar-refractivity contribution in [2.45, 2.75) is 20.4 Å². The number of carbonyl (C=O) groups excluding carboxylic acids is 1. The third-order valence-corrected chi connectivity index (χ3v) is 2.87. The number of anilines is 1. The zero-order valence-corrected chi connectivity index (χ0v) is 11.1. The molecule has 1 N–H and O–H groups in total. The standard InChI is InChI=1S/C13H18N2O.ClH/c1-10(2)13(16)15-8-7-14-9-11-5-3-4-6-12(11)15;/h3-6,10,14H,7-9H2,1-2H3;1H. The fourth-order valence-electron chi connectivity index (χ4n) is 2.00. The number of nitrogens with zero attached hydrogens (tertiary/aromatic N) is 1. The highest BCUT2D eigenvalue weighted by Gasteiger charge is 2.22. The molecule has 1 aromatic rings. The first kappa shape index (κ1) is 14.0. The molecule has 17 heavy (non-hydrogen) atoms. The summed E-state index contributed by atoms with van der Waals surface area (Å²) in [6.45, 7) is 6.35. The molecule has 0 saturated heterocycles. The van der Waals surface area contributed by atoms with Gasteiger partial charge < -0.3 is 10.2 Å². The molecule has 1 aliphatic rings. The molecule has 4 heteroatoms. The van der Waals surface area contributed by atoms with Crippen LogP contribution in [0.4, 0.5) is 5.69 Å². The number of carbonyl (C=O) groups is 1. The van der Waals surface area contributed by atoms with E-state index in [1.165, 1.54) is 5.56 Å². The first-order valence-corrected chi connectivity index (χ1v) is 5.80. The molecule has 0 aromatic heterocycles. The summed E-state index contributed by atoms with van der Waals surface area (Å²) in [5.41, 5.74) is 2.26. The van der Waals surface area contributed by atoms with Crippen LogP contribution in [0.25, 0.3) is 0 Å². The number of hydrogen-bond donors (Lipinski definition) is 1. The van der Waals surface area contributed by atoms with E-state index >= 15 is 0 Å². The van der Waals surface area contributed by atoms with Crippen molar-refractivity contribution >= 4 is 24.0 Å². The van der Waals surface area contributed by atoms with Crippen molar-refractivity contribution in [1.29, 1.82) is 0 Å². The van der Waals surface area contributed by atoms with Crippen LogP contribution in [-0.2, 0) is 11.3 Å². The molecule has 0 saturated carbocycles. The van der Waals surface area contributed by atoms with Crippen molar-refractivity contribution in [1.82, 2.24) is 5.32 Å². The second-order valence-electron chi connectivity index (χ2n) is 4.45. The van der Waals surface area contributed by atoms with Crippen LogP contribution in [0.5, 0.6) is 0 Å². The zero-order chi connectivity index (χ0) is 11.5. The lowest BCUT2D eigenvalue weighted by Gasteiger charge is -2.24. The Morgan fingerprint density at radius 2 is 2.06 bits per heavy atom. The van der Waals surface area contributed by atoms with Crippen LogP contribution in [-0.4, -0.2) is 19.0 Å². The molecule has 1 heterocycles. The van der Waals surface area contributed by atoms with E-state index in [0.717, 1.165) is 25.3 Å². The second kappa shape index (κ2) is 6.03. The average Bonchev–Trinajstić information content (AvgIpc) is 2.50. The van der Waals surface area contributed by atoms with Gasteiger partial charge in [-0.3, -0.25) is 4.79 Å². The number of rotatable bonds is 1. The predicted molar refractivity (Wildman–Crippen MR) is 72.6 cm³/mol. The summed E-state index contributed by atoms with van der Waals surface area (Å²) in [4.78, 5) is 14.0. The van der Waals surface area contributed by atoms with Crippen molar-refractivity contribution in [2.24, 2.45) is 5.92 Å². The van der Waals surface area contributed by atoms with E-state index in [1.54, 1.807) is 0 Å². The summed E-state index contributed by atoms with van der Waals surface area (Å²) in [6.07, 6.45) is 0. The van der Waals surface area contributed by atoms with Gasteiger partial charge in [-0.05, 0) is 11.6 Å². The van der Waals surface area contributed by atoms with E-state index in [1.807, 2.05) is 36.9 Å². The quantitative estimate of drug-likeness (QED) is 0.833. The van der Waals surface area contributed by atoms with Gasteiger partial charge in [0.25, 0.3) is 0 Å². The molecule has 2 rings (SSSR count). The van der Waals surface area contributed by atoms with E-state index in [9.17, 15) is 4.79 Å².